The molecule has 0 unspecified atom stereocenters. The van der Waals surface area contributed by atoms with E-state index in [2.05, 4.69) is 15.3 Å². The maximum absolute atomic E-state index is 13.3. The number of aryl methyl sites for hydroxylation is 4. The van der Waals surface area contributed by atoms with Gasteiger partial charge in [0.15, 0.2) is 0 Å². The molecule has 1 aliphatic rings. The number of hydrogen-bond donors (Lipinski definition) is 2. The van der Waals surface area contributed by atoms with Crippen LogP contribution in [0.5, 0.6) is 0 Å². The van der Waals surface area contributed by atoms with Gasteiger partial charge in [-0.05, 0) is 48.9 Å². The molecule has 0 saturated carbocycles. The van der Waals surface area contributed by atoms with Gasteiger partial charge in [-0.3, -0.25) is 9.59 Å². The molecule has 0 aliphatic heterocycles. The second kappa shape index (κ2) is 7.23. The lowest BCUT2D eigenvalue weighted by molar-refractivity contribution is -0.121. The summed E-state index contributed by atoms with van der Waals surface area (Å²) in [5, 5.41) is 3.55. The Hall–Kier alpha value is -2.54. The van der Waals surface area contributed by atoms with Gasteiger partial charge in [0.05, 0.1) is 5.39 Å². The third-order valence-corrected chi connectivity index (χ3v) is 6.11. The minimum Gasteiger partial charge on any atom is -0.352 e. The van der Waals surface area contributed by atoms with Gasteiger partial charge in [0.25, 0.3) is 5.56 Å². The Morgan fingerprint density at radius 2 is 2.22 bits per heavy atom. The van der Waals surface area contributed by atoms with Crippen molar-refractivity contribution in [2.75, 3.05) is 0 Å². The number of nitrogens with zero attached hydrogens (tertiary/aromatic N) is 1. The molecule has 3 aromatic rings. The van der Waals surface area contributed by atoms with Crippen molar-refractivity contribution in [2.24, 2.45) is 0 Å². The van der Waals surface area contributed by atoms with Crippen LogP contribution >= 0.6 is 11.3 Å². The zero-order chi connectivity index (χ0) is 19.0. The lowest BCUT2D eigenvalue weighted by Crippen LogP contribution is -2.23. The molecule has 4 rings (SSSR count). The predicted octanol–water partition coefficient (Wildman–Crippen LogP) is 3.17. The Bertz CT molecular complexity index is 1090. The second-order valence-electron chi connectivity index (χ2n) is 6.91. The summed E-state index contributed by atoms with van der Waals surface area (Å²) in [5.74, 6) is 0.156. The number of thiophene rings is 1. The van der Waals surface area contributed by atoms with Gasteiger partial charge in [0.2, 0.25) is 5.91 Å². The van der Waals surface area contributed by atoms with Crippen LogP contribution in [-0.4, -0.2) is 15.9 Å². The Morgan fingerprint density at radius 1 is 1.37 bits per heavy atom. The highest BCUT2D eigenvalue weighted by molar-refractivity contribution is 7.18. The highest BCUT2D eigenvalue weighted by atomic mass is 32.1. The van der Waals surface area contributed by atoms with Gasteiger partial charge in [0, 0.05) is 24.3 Å². The quantitative estimate of drug-likeness (QED) is 0.708. The van der Waals surface area contributed by atoms with Crippen LogP contribution in [0.1, 0.15) is 40.2 Å². The Labute approximate surface area is 159 Å². The number of hydrogen-bond acceptors (Lipinski definition) is 4. The lowest BCUT2D eigenvalue weighted by atomic mass is 10.1. The van der Waals surface area contributed by atoms with Crippen LogP contribution in [0.4, 0.5) is 4.39 Å². The van der Waals surface area contributed by atoms with Gasteiger partial charge < -0.3 is 10.3 Å². The summed E-state index contributed by atoms with van der Waals surface area (Å²) in [7, 11) is 0. The highest BCUT2D eigenvalue weighted by Gasteiger charge is 2.21. The number of halogens is 1. The topological polar surface area (TPSA) is 74.8 Å². The first-order valence-electron chi connectivity index (χ1n) is 9.06. The molecule has 27 heavy (non-hydrogen) atoms. The van der Waals surface area contributed by atoms with E-state index in [9.17, 15) is 14.0 Å². The summed E-state index contributed by atoms with van der Waals surface area (Å²) >= 11 is 1.60. The molecule has 5 nitrogen and oxygen atoms in total. The third kappa shape index (κ3) is 3.64. The normalized spacial score (nSPS) is 13.1. The van der Waals surface area contributed by atoms with Crippen molar-refractivity contribution in [3.05, 3.63) is 61.8 Å². The van der Waals surface area contributed by atoms with E-state index in [0.717, 1.165) is 40.6 Å². The van der Waals surface area contributed by atoms with Crippen LogP contribution < -0.4 is 10.9 Å². The zero-order valence-corrected chi connectivity index (χ0v) is 15.8. The maximum Gasteiger partial charge on any atom is 0.259 e. The zero-order valence-electron chi connectivity index (χ0n) is 15.0. The van der Waals surface area contributed by atoms with Crippen molar-refractivity contribution in [2.45, 2.75) is 45.6 Å². The van der Waals surface area contributed by atoms with Gasteiger partial charge >= 0.3 is 0 Å². The molecule has 0 fully saturated rings. The molecule has 0 spiro atoms. The molecule has 2 heterocycles. The predicted molar refractivity (Wildman–Crippen MR) is 104 cm³/mol. The summed E-state index contributed by atoms with van der Waals surface area (Å²) in [6.45, 7) is 2.04. The molecule has 2 N–H and O–H groups in total. The minimum absolute atomic E-state index is 0.100. The average Bonchev–Trinajstić information content (AvgIpc) is 3.21. The molecular weight excluding hydrogens is 365 g/mol. The van der Waals surface area contributed by atoms with E-state index in [1.165, 1.54) is 10.9 Å². The molecular formula is C20H20FN3O2S. The first-order valence-corrected chi connectivity index (χ1v) is 9.88. The van der Waals surface area contributed by atoms with Crippen LogP contribution in [0, 0.1) is 12.7 Å². The van der Waals surface area contributed by atoms with Crippen LogP contribution in [-0.2, 0) is 30.6 Å². The van der Waals surface area contributed by atoms with E-state index in [-0.39, 0.29) is 23.7 Å². The van der Waals surface area contributed by atoms with Gasteiger partial charge in [-0.2, -0.15) is 0 Å². The van der Waals surface area contributed by atoms with Crippen molar-refractivity contribution in [1.29, 1.82) is 0 Å². The van der Waals surface area contributed by atoms with Gasteiger partial charge in [0.1, 0.15) is 16.5 Å². The fourth-order valence-electron chi connectivity index (χ4n) is 3.50. The van der Waals surface area contributed by atoms with Crippen molar-refractivity contribution >= 4 is 27.5 Å². The summed E-state index contributed by atoms with van der Waals surface area (Å²) in [6.07, 6.45) is 3.69. The van der Waals surface area contributed by atoms with E-state index in [1.54, 1.807) is 30.4 Å². The number of benzene rings is 1. The summed E-state index contributed by atoms with van der Waals surface area (Å²) in [4.78, 5) is 33.9. The summed E-state index contributed by atoms with van der Waals surface area (Å²) < 4.78 is 13.3. The van der Waals surface area contributed by atoms with Crippen LogP contribution in [0.15, 0.2) is 23.0 Å². The molecule has 1 aliphatic carbocycles. The van der Waals surface area contributed by atoms with Gasteiger partial charge in [-0.15, -0.1) is 11.3 Å². The van der Waals surface area contributed by atoms with Crippen LogP contribution in [0.3, 0.4) is 0 Å². The molecule has 0 bridgehead atoms. The van der Waals surface area contributed by atoms with Crippen molar-refractivity contribution in [3.63, 3.8) is 0 Å². The number of rotatable bonds is 5. The molecule has 7 heteroatoms. The molecule has 0 atom stereocenters. The van der Waals surface area contributed by atoms with E-state index >= 15 is 0 Å². The fraction of sp³-hybridized carbons (Fsp3) is 0.350. The Morgan fingerprint density at radius 3 is 3.04 bits per heavy atom. The third-order valence-electron chi connectivity index (χ3n) is 4.93. The molecule has 0 radical (unpaired) electrons. The van der Waals surface area contributed by atoms with Crippen LogP contribution in [0.25, 0.3) is 10.2 Å². The number of nitrogens with one attached hydrogen (secondary N) is 2. The van der Waals surface area contributed by atoms with E-state index in [1.807, 2.05) is 0 Å². The molecule has 0 saturated heterocycles. The van der Waals surface area contributed by atoms with Crippen molar-refractivity contribution in [1.82, 2.24) is 15.3 Å². The number of H-pyrrole nitrogens is 1. The second-order valence-corrected chi connectivity index (χ2v) is 7.99. The highest BCUT2D eigenvalue weighted by Crippen LogP contribution is 2.34. The minimum atomic E-state index is -0.255. The smallest absolute Gasteiger partial charge is 0.259 e. The van der Waals surface area contributed by atoms with Crippen molar-refractivity contribution < 1.29 is 9.18 Å². The monoisotopic (exact) mass is 385 g/mol. The van der Waals surface area contributed by atoms with Gasteiger partial charge in [-0.1, -0.05) is 12.1 Å². The van der Waals surface area contributed by atoms with Crippen molar-refractivity contribution in [3.8, 4) is 0 Å². The lowest BCUT2D eigenvalue weighted by Gasteiger charge is -2.07. The summed E-state index contributed by atoms with van der Waals surface area (Å²) in [6, 6.07) is 4.78. The van der Waals surface area contributed by atoms with Crippen LogP contribution in [0.2, 0.25) is 0 Å². The first-order chi connectivity index (χ1) is 13.0. The number of carbonyl (C=O) groups is 1. The Kier molecular flexibility index (Phi) is 4.78. The Balaban J connectivity index is 1.39. The standard InChI is InChI=1S/C20H20FN3O2S/c1-11-9-12(5-6-14(11)21)10-22-17(25)8-7-16-23-19(26)18-13-3-2-4-15(13)27-20(18)24-16/h5-6,9H,2-4,7-8,10H2,1H3,(H,22,25)(H,23,24,26). The maximum atomic E-state index is 13.3. The fourth-order valence-corrected chi connectivity index (χ4v) is 4.78. The average molecular weight is 385 g/mol. The van der Waals surface area contributed by atoms with Gasteiger partial charge in [-0.25, -0.2) is 9.37 Å². The van der Waals surface area contributed by atoms with E-state index < -0.39 is 0 Å². The van der Waals surface area contributed by atoms with E-state index in [4.69, 9.17) is 0 Å². The van der Waals surface area contributed by atoms with E-state index in [0.29, 0.717) is 24.4 Å². The first kappa shape index (κ1) is 17.9. The number of aromatic amines is 1. The number of amides is 1. The number of carbonyl (C=O) groups excluding carboxylic acids is 1. The largest absolute Gasteiger partial charge is 0.352 e. The SMILES string of the molecule is Cc1cc(CNC(=O)CCc2nc3sc4c(c3c(=O)[nH]2)CCC4)ccc1F. The molecule has 1 amide bonds. The number of fused-ring (bicyclic) bond motifs is 3. The molecule has 2 aromatic heterocycles. The molecule has 140 valence electrons. The summed E-state index contributed by atoms with van der Waals surface area (Å²) in [5.41, 5.74) is 2.46. The molecule has 1 aromatic carbocycles. The number of aromatic nitrogens is 2.